The molecule has 0 saturated carbocycles. The Morgan fingerprint density at radius 2 is 1.91 bits per heavy atom. The lowest BCUT2D eigenvalue weighted by Crippen LogP contribution is -2.29. The van der Waals surface area contributed by atoms with Gasteiger partial charge in [-0.3, -0.25) is 0 Å². The highest BCUT2D eigenvalue weighted by Crippen LogP contribution is 2.24. The first-order valence-electron chi connectivity index (χ1n) is 7.46. The van der Waals surface area contributed by atoms with Crippen molar-refractivity contribution >= 4 is 21.4 Å². The topological polar surface area (TPSA) is 55.4 Å². The Hall–Kier alpha value is -1.56. The van der Waals surface area contributed by atoms with E-state index in [-0.39, 0.29) is 17.5 Å². The molecule has 1 fully saturated rings. The first-order chi connectivity index (χ1) is 11.0. The Balaban J connectivity index is 1.60. The van der Waals surface area contributed by atoms with Crippen molar-refractivity contribution in [2.45, 2.75) is 19.0 Å². The van der Waals surface area contributed by atoms with Crippen LogP contribution in [0.4, 0.5) is 0 Å². The minimum absolute atomic E-state index is 0.0424. The van der Waals surface area contributed by atoms with Gasteiger partial charge < -0.3 is 10.1 Å². The zero-order valence-electron chi connectivity index (χ0n) is 12.5. The van der Waals surface area contributed by atoms with E-state index in [1.54, 1.807) is 12.1 Å². The Morgan fingerprint density at radius 1 is 1.13 bits per heavy atom. The number of rotatable bonds is 5. The van der Waals surface area contributed by atoms with E-state index in [0.29, 0.717) is 18.0 Å². The lowest BCUT2D eigenvalue weighted by molar-refractivity contribution is 0.480. The molecule has 0 aliphatic carbocycles. The van der Waals surface area contributed by atoms with Gasteiger partial charge in [0.05, 0.1) is 11.5 Å². The monoisotopic (exact) mass is 351 g/mol. The fourth-order valence-electron chi connectivity index (χ4n) is 2.58. The van der Waals surface area contributed by atoms with E-state index in [1.807, 2.05) is 36.4 Å². The molecule has 2 aromatic rings. The van der Waals surface area contributed by atoms with Crippen LogP contribution in [-0.4, -0.2) is 26.0 Å². The number of sulfone groups is 1. The zero-order valence-corrected chi connectivity index (χ0v) is 14.1. The molecule has 1 atom stereocenters. The molecule has 23 heavy (non-hydrogen) atoms. The predicted octanol–water partition coefficient (Wildman–Crippen LogP) is 3.41. The maximum atomic E-state index is 11.5. The highest BCUT2D eigenvalue weighted by Gasteiger charge is 2.27. The van der Waals surface area contributed by atoms with E-state index in [9.17, 15) is 8.42 Å². The van der Waals surface area contributed by atoms with Gasteiger partial charge in [0.2, 0.25) is 0 Å². The second kappa shape index (κ2) is 6.91. The van der Waals surface area contributed by atoms with Crippen LogP contribution in [0.3, 0.4) is 0 Å². The molecule has 0 radical (unpaired) electrons. The van der Waals surface area contributed by atoms with E-state index in [1.165, 1.54) is 0 Å². The van der Waals surface area contributed by atoms with Gasteiger partial charge in [0, 0.05) is 17.6 Å². The summed E-state index contributed by atoms with van der Waals surface area (Å²) in [7, 11) is -2.85. The molecule has 1 N–H and O–H groups in total. The Kier molecular flexibility index (Phi) is 4.90. The summed E-state index contributed by atoms with van der Waals surface area (Å²) in [5, 5.41) is 3.97. The molecule has 1 saturated heterocycles. The molecule has 0 bridgehead atoms. The summed E-state index contributed by atoms with van der Waals surface area (Å²) in [5.74, 6) is 1.98. The van der Waals surface area contributed by atoms with Crippen molar-refractivity contribution in [1.82, 2.24) is 5.32 Å². The number of nitrogens with one attached hydrogen (secondary N) is 1. The van der Waals surface area contributed by atoms with Gasteiger partial charge in [-0.2, -0.15) is 0 Å². The average Bonchev–Trinajstić information content (AvgIpc) is 2.87. The molecular formula is C17H18ClNO3S. The van der Waals surface area contributed by atoms with Crippen LogP contribution < -0.4 is 10.1 Å². The van der Waals surface area contributed by atoms with E-state index in [4.69, 9.17) is 16.3 Å². The van der Waals surface area contributed by atoms with Crippen molar-refractivity contribution in [1.29, 1.82) is 0 Å². The normalized spacial score (nSPS) is 19.6. The molecule has 6 heteroatoms. The van der Waals surface area contributed by atoms with Crippen LogP contribution in [0.2, 0.25) is 5.02 Å². The molecule has 1 aliphatic rings. The lowest BCUT2D eigenvalue weighted by Gasteiger charge is -2.12. The minimum Gasteiger partial charge on any atom is -0.457 e. The number of halogens is 1. The predicted molar refractivity (Wildman–Crippen MR) is 91.9 cm³/mol. The van der Waals surface area contributed by atoms with Crippen LogP contribution >= 0.6 is 11.6 Å². The van der Waals surface area contributed by atoms with Gasteiger partial charge in [0.15, 0.2) is 9.84 Å². The molecule has 3 rings (SSSR count). The third-order valence-corrected chi connectivity index (χ3v) is 5.80. The Bertz CT molecular complexity index is 775. The number of hydrogen-bond donors (Lipinski definition) is 1. The molecule has 2 aromatic carbocycles. The van der Waals surface area contributed by atoms with Gasteiger partial charge in [0.25, 0.3) is 0 Å². The molecule has 0 spiro atoms. The highest BCUT2D eigenvalue weighted by atomic mass is 35.5. The molecule has 122 valence electrons. The maximum Gasteiger partial charge on any atom is 0.151 e. The molecule has 1 heterocycles. The number of benzene rings is 2. The second-order valence-corrected chi connectivity index (χ2v) is 8.35. The lowest BCUT2D eigenvalue weighted by atomic mass is 10.2. The van der Waals surface area contributed by atoms with Gasteiger partial charge in [-0.05, 0) is 48.4 Å². The SMILES string of the molecule is O=S1(=O)CC[C@H](NCc2cccc(Oc3ccc(Cl)cc3)c2)C1. The third kappa shape index (κ3) is 4.70. The largest absolute Gasteiger partial charge is 0.457 e. The molecule has 0 amide bonds. The van der Waals surface area contributed by atoms with Gasteiger partial charge in [-0.15, -0.1) is 0 Å². The van der Waals surface area contributed by atoms with Crippen molar-refractivity contribution in [2.75, 3.05) is 11.5 Å². The van der Waals surface area contributed by atoms with Gasteiger partial charge in [0.1, 0.15) is 11.5 Å². The molecule has 1 aliphatic heterocycles. The summed E-state index contributed by atoms with van der Waals surface area (Å²) in [6.07, 6.45) is 0.684. The van der Waals surface area contributed by atoms with Crippen LogP contribution in [0.25, 0.3) is 0 Å². The van der Waals surface area contributed by atoms with Crippen molar-refractivity contribution in [2.24, 2.45) is 0 Å². The van der Waals surface area contributed by atoms with Crippen LogP contribution in [-0.2, 0) is 16.4 Å². The fraction of sp³-hybridized carbons (Fsp3) is 0.294. The van der Waals surface area contributed by atoms with E-state index in [2.05, 4.69) is 5.32 Å². The molecule has 0 aromatic heterocycles. The second-order valence-electron chi connectivity index (χ2n) is 5.68. The summed E-state index contributed by atoms with van der Waals surface area (Å²) in [6, 6.07) is 15.0. The van der Waals surface area contributed by atoms with Crippen molar-refractivity contribution in [3.63, 3.8) is 0 Å². The first kappa shape index (κ1) is 16.3. The minimum atomic E-state index is -2.85. The van der Waals surface area contributed by atoms with Crippen LogP contribution in [0.1, 0.15) is 12.0 Å². The van der Waals surface area contributed by atoms with Crippen LogP contribution in [0, 0.1) is 0 Å². The standard InChI is InChI=1S/C17H18ClNO3S/c18-14-4-6-16(7-5-14)22-17-3-1-2-13(10-17)11-19-15-8-9-23(20,21)12-15/h1-7,10,15,19H,8-9,11-12H2/t15-/m0/s1. The average molecular weight is 352 g/mol. The van der Waals surface area contributed by atoms with Crippen molar-refractivity contribution < 1.29 is 13.2 Å². The van der Waals surface area contributed by atoms with E-state index in [0.717, 1.165) is 17.1 Å². The summed E-state index contributed by atoms with van der Waals surface area (Å²) >= 11 is 5.86. The maximum absolute atomic E-state index is 11.5. The van der Waals surface area contributed by atoms with Gasteiger partial charge in [-0.25, -0.2) is 8.42 Å². The third-order valence-electron chi connectivity index (χ3n) is 3.78. The summed E-state index contributed by atoms with van der Waals surface area (Å²) in [5.41, 5.74) is 1.06. The quantitative estimate of drug-likeness (QED) is 0.896. The first-order valence-corrected chi connectivity index (χ1v) is 9.66. The fourth-order valence-corrected chi connectivity index (χ4v) is 4.41. The van der Waals surface area contributed by atoms with Crippen LogP contribution in [0.5, 0.6) is 11.5 Å². The smallest absolute Gasteiger partial charge is 0.151 e. The van der Waals surface area contributed by atoms with E-state index >= 15 is 0 Å². The van der Waals surface area contributed by atoms with Crippen molar-refractivity contribution in [3.05, 3.63) is 59.1 Å². The Morgan fingerprint density at radius 3 is 2.61 bits per heavy atom. The highest BCUT2D eigenvalue weighted by molar-refractivity contribution is 7.91. The number of hydrogen-bond acceptors (Lipinski definition) is 4. The van der Waals surface area contributed by atoms with Crippen LogP contribution in [0.15, 0.2) is 48.5 Å². The van der Waals surface area contributed by atoms with Gasteiger partial charge in [-0.1, -0.05) is 23.7 Å². The molecular weight excluding hydrogens is 334 g/mol. The zero-order chi connectivity index (χ0) is 16.3. The number of ether oxygens (including phenoxy) is 1. The van der Waals surface area contributed by atoms with E-state index < -0.39 is 9.84 Å². The summed E-state index contributed by atoms with van der Waals surface area (Å²) < 4.78 is 28.7. The summed E-state index contributed by atoms with van der Waals surface area (Å²) in [6.45, 7) is 0.623. The Labute approximate surface area is 141 Å². The molecule has 4 nitrogen and oxygen atoms in total. The molecule has 0 unspecified atom stereocenters. The summed E-state index contributed by atoms with van der Waals surface area (Å²) in [4.78, 5) is 0. The van der Waals surface area contributed by atoms with Gasteiger partial charge >= 0.3 is 0 Å². The van der Waals surface area contributed by atoms with Crippen molar-refractivity contribution in [3.8, 4) is 11.5 Å².